The molecule has 1 aromatic heterocycles. The summed E-state index contributed by atoms with van der Waals surface area (Å²) in [5.74, 6) is 0.767. The zero-order valence-electron chi connectivity index (χ0n) is 20.8. The Morgan fingerprint density at radius 2 is 1.67 bits per heavy atom. The molecular formula is C30H30N4O2. The van der Waals surface area contributed by atoms with Crippen LogP contribution in [0.3, 0.4) is 0 Å². The number of methoxy groups -OCH3 is 1. The molecule has 6 heteroatoms. The van der Waals surface area contributed by atoms with E-state index in [-0.39, 0.29) is 5.43 Å². The Morgan fingerprint density at radius 3 is 2.31 bits per heavy atom. The molecule has 0 atom stereocenters. The van der Waals surface area contributed by atoms with Crippen molar-refractivity contribution in [2.75, 3.05) is 44.7 Å². The second-order valence-corrected chi connectivity index (χ2v) is 9.11. The largest absolute Gasteiger partial charge is 0.497 e. The Balaban J connectivity index is 1.72. The van der Waals surface area contributed by atoms with Crippen LogP contribution in [0.25, 0.3) is 22.2 Å². The second-order valence-electron chi connectivity index (χ2n) is 9.11. The van der Waals surface area contributed by atoms with E-state index in [1.54, 1.807) is 19.2 Å². The lowest BCUT2D eigenvalue weighted by Gasteiger charge is -2.36. The number of aromatic nitrogens is 1. The molecule has 0 saturated carbocycles. The van der Waals surface area contributed by atoms with Crippen LogP contribution in [0.2, 0.25) is 0 Å². The molecule has 182 valence electrons. The van der Waals surface area contributed by atoms with E-state index in [1.807, 2.05) is 48.5 Å². The summed E-state index contributed by atoms with van der Waals surface area (Å²) in [5, 5.41) is 10.5. The number of hydrogen-bond donors (Lipinski definition) is 0. The molecule has 1 saturated heterocycles. The van der Waals surface area contributed by atoms with Gasteiger partial charge in [0.1, 0.15) is 11.8 Å². The second kappa shape index (κ2) is 10.3. The summed E-state index contributed by atoms with van der Waals surface area (Å²) in [6.07, 6.45) is 0. The number of likely N-dealkylation sites (N-methyl/N-ethyl adjacent to an activating group) is 1. The molecule has 0 unspecified atom stereocenters. The third-order valence-electron chi connectivity index (χ3n) is 7.08. The van der Waals surface area contributed by atoms with E-state index in [2.05, 4.69) is 39.5 Å². The van der Waals surface area contributed by atoms with E-state index >= 15 is 0 Å². The van der Waals surface area contributed by atoms with Gasteiger partial charge in [0, 0.05) is 44.2 Å². The van der Waals surface area contributed by atoms with Crippen LogP contribution >= 0.6 is 0 Å². The van der Waals surface area contributed by atoms with Gasteiger partial charge in [-0.15, -0.1) is 0 Å². The van der Waals surface area contributed by atoms with Crippen LogP contribution in [-0.4, -0.2) is 49.3 Å². The minimum Gasteiger partial charge on any atom is -0.497 e. The fourth-order valence-corrected chi connectivity index (χ4v) is 5.00. The molecule has 4 aromatic rings. The van der Waals surface area contributed by atoms with Crippen molar-refractivity contribution in [1.82, 2.24) is 9.47 Å². The molecule has 1 aliphatic rings. The maximum atomic E-state index is 13.4. The highest BCUT2D eigenvalue weighted by molar-refractivity contribution is 5.88. The van der Waals surface area contributed by atoms with E-state index in [0.29, 0.717) is 17.5 Å². The van der Waals surface area contributed by atoms with Gasteiger partial charge in [0.25, 0.3) is 0 Å². The van der Waals surface area contributed by atoms with Gasteiger partial charge in [-0.3, -0.25) is 4.79 Å². The van der Waals surface area contributed by atoms with Gasteiger partial charge in [0.05, 0.1) is 29.6 Å². The molecule has 2 heterocycles. The van der Waals surface area contributed by atoms with Gasteiger partial charge in [-0.05, 0) is 54.1 Å². The van der Waals surface area contributed by atoms with Crippen LogP contribution in [0, 0.1) is 11.3 Å². The highest BCUT2D eigenvalue weighted by atomic mass is 16.5. The van der Waals surface area contributed by atoms with Crippen molar-refractivity contribution >= 4 is 16.6 Å². The summed E-state index contributed by atoms with van der Waals surface area (Å²) in [5.41, 5.74) is 5.11. The van der Waals surface area contributed by atoms with E-state index in [1.165, 1.54) is 0 Å². The number of fused-ring (bicyclic) bond motifs is 1. The lowest BCUT2D eigenvalue weighted by atomic mass is 10.0. The standard InChI is InChI=1S/C30H30N4O2/c1-3-32-13-15-33(16-14-32)27-18-29-26(17-24(27)20-31)30(35)19-28(23-9-11-25(36-2)12-10-23)34(29)21-22-7-5-4-6-8-22/h4-12,17-19H,3,13-16,21H2,1-2H3. The number of rotatable bonds is 6. The van der Waals surface area contributed by atoms with Gasteiger partial charge in [-0.2, -0.15) is 5.26 Å². The van der Waals surface area contributed by atoms with Crippen molar-refractivity contribution in [2.24, 2.45) is 0 Å². The zero-order chi connectivity index (χ0) is 25.1. The van der Waals surface area contributed by atoms with Gasteiger partial charge >= 0.3 is 0 Å². The monoisotopic (exact) mass is 478 g/mol. The summed E-state index contributed by atoms with van der Waals surface area (Å²) >= 11 is 0. The zero-order valence-corrected chi connectivity index (χ0v) is 20.8. The highest BCUT2D eigenvalue weighted by Crippen LogP contribution is 2.31. The van der Waals surface area contributed by atoms with Crippen LogP contribution in [0.4, 0.5) is 5.69 Å². The maximum Gasteiger partial charge on any atom is 0.190 e. The topological polar surface area (TPSA) is 61.5 Å². The average molecular weight is 479 g/mol. The first-order valence-electron chi connectivity index (χ1n) is 12.4. The number of hydrogen-bond acceptors (Lipinski definition) is 5. The molecule has 0 aliphatic carbocycles. The number of anilines is 1. The van der Waals surface area contributed by atoms with Crippen molar-refractivity contribution in [1.29, 1.82) is 5.26 Å². The van der Waals surface area contributed by atoms with Crippen molar-refractivity contribution in [2.45, 2.75) is 13.5 Å². The molecule has 1 fully saturated rings. The number of nitrogens with zero attached hydrogens (tertiary/aromatic N) is 4. The van der Waals surface area contributed by atoms with E-state index in [0.717, 1.165) is 66.5 Å². The fraction of sp³-hybridized carbons (Fsp3) is 0.267. The lowest BCUT2D eigenvalue weighted by molar-refractivity contribution is 0.271. The SMILES string of the molecule is CCN1CCN(c2cc3c(cc2C#N)c(=O)cc(-c2ccc(OC)cc2)n3Cc2ccccc2)CC1. The Bertz CT molecular complexity index is 1460. The summed E-state index contributed by atoms with van der Waals surface area (Å²) in [6.45, 7) is 7.44. The number of piperazine rings is 1. The number of pyridine rings is 1. The van der Waals surface area contributed by atoms with Gasteiger partial charge in [-0.25, -0.2) is 0 Å². The van der Waals surface area contributed by atoms with Crippen LogP contribution in [0.1, 0.15) is 18.1 Å². The Hall–Kier alpha value is -4.08. The molecule has 0 bridgehead atoms. The maximum absolute atomic E-state index is 13.4. The van der Waals surface area contributed by atoms with Crippen molar-refractivity contribution < 1.29 is 4.74 Å². The third kappa shape index (κ3) is 4.58. The summed E-state index contributed by atoms with van der Waals surface area (Å²) in [6, 6.07) is 25.9. The quantitative estimate of drug-likeness (QED) is 0.401. The molecule has 5 rings (SSSR count). The number of ether oxygens (including phenoxy) is 1. The minimum atomic E-state index is -0.0843. The first-order chi connectivity index (χ1) is 17.6. The highest BCUT2D eigenvalue weighted by Gasteiger charge is 2.21. The average Bonchev–Trinajstić information content (AvgIpc) is 2.94. The van der Waals surface area contributed by atoms with Crippen LogP contribution < -0.4 is 15.1 Å². The molecule has 0 spiro atoms. The van der Waals surface area contributed by atoms with Gasteiger partial charge in [0.15, 0.2) is 5.43 Å². The first-order valence-corrected chi connectivity index (χ1v) is 12.4. The lowest BCUT2D eigenvalue weighted by Crippen LogP contribution is -2.46. The summed E-state index contributed by atoms with van der Waals surface area (Å²) < 4.78 is 7.54. The van der Waals surface area contributed by atoms with E-state index in [4.69, 9.17) is 4.74 Å². The predicted molar refractivity (Wildman–Crippen MR) is 145 cm³/mol. The Kier molecular flexibility index (Phi) is 6.75. The predicted octanol–water partition coefficient (Wildman–Crippen LogP) is 4.74. The molecule has 0 N–H and O–H groups in total. The summed E-state index contributed by atoms with van der Waals surface area (Å²) in [4.78, 5) is 18.1. The van der Waals surface area contributed by atoms with Gasteiger partial charge in [0.2, 0.25) is 0 Å². The van der Waals surface area contributed by atoms with Crippen LogP contribution in [0.15, 0.2) is 77.6 Å². The van der Waals surface area contributed by atoms with Crippen LogP contribution in [-0.2, 0) is 6.54 Å². The van der Waals surface area contributed by atoms with Crippen LogP contribution in [0.5, 0.6) is 5.75 Å². The Labute approximate surface area is 211 Å². The van der Waals surface area contributed by atoms with E-state index < -0.39 is 0 Å². The van der Waals surface area contributed by atoms with Gasteiger partial charge in [-0.1, -0.05) is 37.3 Å². The smallest absolute Gasteiger partial charge is 0.190 e. The van der Waals surface area contributed by atoms with Gasteiger partial charge < -0.3 is 19.1 Å². The first kappa shape index (κ1) is 23.7. The van der Waals surface area contributed by atoms with E-state index in [9.17, 15) is 10.1 Å². The summed E-state index contributed by atoms with van der Waals surface area (Å²) in [7, 11) is 1.64. The Morgan fingerprint density at radius 1 is 0.944 bits per heavy atom. The van der Waals surface area contributed by atoms with Crippen molar-refractivity contribution in [3.63, 3.8) is 0 Å². The molecule has 1 aliphatic heterocycles. The molecule has 6 nitrogen and oxygen atoms in total. The third-order valence-corrected chi connectivity index (χ3v) is 7.08. The number of nitriles is 1. The molecule has 36 heavy (non-hydrogen) atoms. The van der Waals surface area contributed by atoms with Crippen molar-refractivity contribution in [3.8, 4) is 23.1 Å². The normalized spacial score (nSPS) is 14.1. The molecule has 3 aromatic carbocycles. The molecule has 0 amide bonds. The van der Waals surface area contributed by atoms with Crippen molar-refractivity contribution in [3.05, 3.63) is 94.1 Å². The molecule has 0 radical (unpaired) electrons. The fourth-order valence-electron chi connectivity index (χ4n) is 5.00. The minimum absolute atomic E-state index is 0.0843. The number of benzene rings is 3. The molecular weight excluding hydrogens is 448 g/mol.